The van der Waals surface area contributed by atoms with Crippen LogP contribution in [0.3, 0.4) is 0 Å². The zero-order chi connectivity index (χ0) is 15.9. The molecular formula is C15H19N3O3S. The zero-order valence-electron chi connectivity index (χ0n) is 12.7. The highest BCUT2D eigenvalue weighted by Crippen LogP contribution is 2.20. The van der Waals surface area contributed by atoms with Crippen molar-refractivity contribution in [3.05, 3.63) is 30.1 Å². The molecule has 118 valence electrons. The van der Waals surface area contributed by atoms with E-state index in [9.17, 15) is 13.2 Å². The molecule has 1 amide bonds. The molecule has 0 N–H and O–H groups in total. The lowest BCUT2D eigenvalue weighted by Crippen LogP contribution is -2.43. The maximum Gasteiger partial charge on any atom is 0.253 e. The second-order valence-corrected chi connectivity index (χ2v) is 8.20. The van der Waals surface area contributed by atoms with E-state index in [-0.39, 0.29) is 30.5 Å². The Kier molecular flexibility index (Phi) is 3.68. The van der Waals surface area contributed by atoms with Gasteiger partial charge in [-0.05, 0) is 32.0 Å². The number of amides is 1. The Bertz CT molecular complexity index is 810. The number of nitrogens with zero attached hydrogens (tertiary/aromatic N) is 3. The van der Waals surface area contributed by atoms with Gasteiger partial charge in [0, 0.05) is 24.7 Å². The first-order chi connectivity index (χ1) is 10.4. The molecule has 1 saturated heterocycles. The van der Waals surface area contributed by atoms with Gasteiger partial charge < -0.3 is 9.47 Å². The van der Waals surface area contributed by atoms with Crippen LogP contribution in [0.25, 0.3) is 11.0 Å². The molecule has 6 nitrogen and oxygen atoms in total. The quantitative estimate of drug-likeness (QED) is 0.840. The molecule has 0 aliphatic carbocycles. The number of carbonyl (C=O) groups excluding carboxylic acids is 1. The Balaban J connectivity index is 1.86. The number of fused-ring (bicyclic) bond motifs is 1. The fraction of sp³-hybridized carbons (Fsp3) is 0.467. The van der Waals surface area contributed by atoms with Crippen LogP contribution < -0.4 is 0 Å². The van der Waals surface area contributed by atoms with Gasteiger partial charge in [0.1, 0.15) is 0 Å². The predicted octanol–water partition coefficient (Wildman–Crippen LogP) is 1.49. The van der Waals surface area contributed by atoms with Gasteiger partial charge in [-0.2, -0.15) is 0 Å². The van der Waals surface area contributed by atoms with Crippen molar-refractivity contribution in [1.29, 1.82) is 0 Å². The Morgan fingerprint density at radius 2 is 1.91 bits per heavy atom. The number of benzene rings is 1. The fourth-order valence-electron chi connectivity index (χ4n) is 2.67. The fourth-order valence-corrected chi connectivity index (χ4v) is 3.88. The molecule has 2 heterocycles. The summed E-state index contributed by atoms with van der Waals surface area (Å²) in [5, 5.41) is 0. The predicted molar refractivity (Wildman–Crippen MR) is 84.7 cm³/mol. The van der Waals surface area contributed by atoms with Crippen LogP contribution >= 0.6 is 0 Å². The maximum absolute atomic E-state index is 12.5. The van der Waals surface area contributed by atoms with Crippen molar-refractivity contribution in [1.82, 2.24) is 14.5 Å². The lowest BCUT2D eigenvalue weighted by molar-refractivity contribution is 0.0770. The summed E-state index contributed by atoms with van der Waals surface area (Å²) in [5.74, 6) is -0.0396. The number of hydrogen-bond donors (Lipinski definition) is 0. The normalized spacial score (nSPS) is 18.0. The van der Waals surface area contributed by atoms with E-state index in [0.717, 1.165) is 11.0 Å². The van der Waals surface area contributed by atoms with Crippen LogP contribution in [0.4, 0.5) is 0 Å². The molecule has 0 unspecified atom stereocenters. The van der Waals surface area contributed by atoms with Crippen molar-refractivity contribution >= 4 is 26.8 Å². The van der Waals surface area contributed by atoms with Crippen LogP contribution in [0.2, 0.25) is 0 Å². The second-order valence-electron chi connectivity index (χ2n) is 5.89. The van der Waals surface area contributed by atoms with Crippen LogP contribution in [0.5, 0.6) is 0 Å². The summed E-state index contributed by atoms with van der Waals surface area (Å²) in [7, 11) is -2.98. The van der Waals surface area contributed by atoms with E-state index >= 15 is 0 Å². The minimum absolute atomic E-state index is 0.0446. The lowest BCUT2D eigenvalue weighted by atomic mass is 10.1. The van der Waals surface area contributed by atoms with Gasteiger partial charge in [-0.15, -0.1) is 0 Å². The van der Waals surface area contributed by atoms with Gasteiger partial charge in [0.15, 0.2) is 9.84 Å². The minimum Gasteiger partial charge on any atom is -0.337 e. The van der Waals surface area contributed by atoms with Crippen molar-refractivity contribution < 1.29 is 13.2 Å². The molecule has 1 aromatic carbocycles. The van der Waals surface area contributed by atoms with Gasteiger partial charge in [0.05, 0.1) is 28.9 Å². The zero-order valence-corrected chi connectivity index (χ0v) is 13.5. The van der Waals surface area contributed by atoms with Gasteiger partial charge >= 0.3 is 0 Å². The van der Waals surface area contributed by atoms with Gasteiger partial charge in [-0.1, -0.05) is 0 Å². The second kappa shape index (κ2) is 5.39. The summed E-state index contributed by atoms with van der Waals surface area (Å²) < 4.78 is 24.9. The van der Waals surface area contributed by atoms with Gasteiger partial charge in [-0.25, -0.2) is 13.4 Å². The molecular weight excluding hydrogens is 302 g/mol. The first-order valence-electron chi connectivity index (χ1n) is 7.34. The molecule has 0 radical (unpaired) electrons. The third-order valence-corrected chi connectivity index (χ3v) is 5.62. The highest BCUT2D eigenvalue weighted by atomic mass is 32.2. The number of aromatic nitrogens is 2. The van der Waals surface area contributed by atoms with Crippen LogP contribution in [-0.4, -0.2) is 53.4 Å². The summed E-state index contributed by atoms with van der Waals surface area (Å²) in [4.78, 5) is 18.4. The van der Waals surface area contributed by atoms with Crippen LogP contribution in [0, 0.1) is 0 Å². The van der Waals surface area contributed by atoms with Crippen LogP contribution in [0.15, 0.2) is 24.5 Å². The Hall–Kier alpha value is -1.89. The Labute approximate surface area is 129 Å². The van der Waals surface area contributed by atoms with E-state index in [1.165, 1.54) is 0 Å². The lowest BCUT2D eigenvalue weighted by Gasteiger charge is -2.26. The monoisotopic (exact) mass is 321 g/mol. The molecule has 1 fully saturated rings. The number of carbonyl (C=O) groups is 1. The maximum atomic E-state index is 12.5. The van der Waals surface area contributed by atoms with Gasteiger partial charge in [0.2, 0.25) is 0 Å². The first kappa shape index (κ1) is 15.0. The largest absolute Gasteiger partial charge is 0.337 e. The number of sulfone groups is 1. The topological polar surface area (TPSA) is 72.3 Å². The first-order valence-corrected chi connectivity index (χ1v) is 9.16. The summed E-state index contributed by atoms with van der Waals surface area (Å²) in [5.41, 5.74) is 2.33. The number of imidazole rings is 1. The molecule has 3 rings (SSSR count). The molecule has 7 heteroatoms. The molecule has 1 aromatic heterocycles. The average molecular weight is 321 g/mol. The van der Waals surface area contributed by atoms with E-state index in [2.05, 4.69) is 23.4 Å². The smallest absolute Gasteiger partial charge is 0.253 e. The highest BCUT2D eigenvalue weighted by Gasteiger charge is 2.26. The van der Waals surface area contributed by atoms with E-state index in [4.69, 9.17) is 0 Å². The summed E-state index contributed by atoms with van der Waals surface area (Å²) in [6, 6.07) is 5.77. The highest BCUT2D eigenvalue weighted by molar-refractivity contribution is 7.91. The third kappa shape index (κ3) is 2.72. The van der Waals surface area contributed by atoms with Crippen molar-refractivity contribution in [2.45, 2.75) is 19.9 Å². The summed E-state index contributed by atoms with van der Waals surface area (Å²) >= 11 is 0. The number of rotatable bonds is 2. The van der Waals surface area contributed by atoms with Gasteiger partial charge in [-0.3, -0.25) is 4.79 Å². The third-order valence-electron chi connectivity index (χ3n) is 4.01. The van der Waals surface area contributed by atoms with E-state index in [0.29, 0.717) is 11.6 Å². The average Bonchev–Trinajstić information content (AvgIpc) is 2.89. The Morgan fingerprint density at radius 3 is 2.55 bits per heavy atom. The standard InChI is InChI=1S/C15H19N3O3S/c1-11(2)18-10-16-13-9-12(3-4-14(13)18)15(19)17-5-7-22(20,21)8-6-17/h3-4,9-11H,5-8H2,1-2H3. The SMILES string of the molecule is CC(C)n1cnc2cc(C(=O)N3CCS(=O)(=O)CC3)ccc21. The summed E-state index contributed by atoms with van der Waals surface area (Å²) in [6.07, 6.45) is 1.77. The van der Waals surface area contributed by atoms with Crippen molar-refractivity contribution in [3.63, 3.8) is 0 Å². The molecule has 22 heavy (non-hydrogen) atoms. The Morgan fingerprint density at radius 1 is 1.23 bits per heavy atom. The van der Waals surface area contributed by atoms with E-state index in [1.807, 2.05) is 6.07 Å². The van der Waals surface area contributed by atoms with Crippen LogP contribution in [-0.2, 0) is 9.84 Å². The number of hydrogen-bond acceptors (Lipinski definition) is 4. The van der Waals surface area contributed by atoms with Crippen molar-refractivity contribution in [2.75, 3.05) is 24.6 Å². The molecule has 0 saturated carbocycles. The molecule has 1 aliphatic heterocycles. The molecule has 1 aliphatic rings. The van der Waals surface area contributed by atoms with Crippen molar-refractivity contribution in [3.8, 4) is 0 Å². The van der Waals surface area contributed by atoms with Crippen molar-refractivity contribution in [2.24, 2.45) is 0 Å². The summed E-state index contributed by atoms with van der Waals surface area (Å²) in [6.45, 7) is 4.68. The molecule has 2 aromatic rings. The van der Waals surface area contributed by atoms with Gasteiger partial charge in [0.25, 0.3) is 5.91 Å². The van der Waals surface area contributed by atoms with E-state index < -0.39 is 9.84 Å². The molecule has 0 bridgehead atoms. The molecule has 0 spiro atoms. The van der Waals surface area contributed by atoms with E-state index in [1.54, 1.807) is 23.4 Å². The molecule has 0 atom stereocenters. The van der Waals surface area contributed by atoms with Crippen LogP contribution in [0.1, 0.15) is 30.2 Å². The minimum atomic E-state index is -2.98.